The second-order valence-electron chi connectivity index (χ2n) is 4.60. The van der Waals surface area contributed by atoms with E-state index in [9.17, 15) is 0 Å². The summed E-state index contributed by atoms with van der Waals surface area (Å²) < 4.78 is 5.76. The molecule has 0 unspecified atom stereocenters. The minimum atomic E-state index is 0.709. The Hall–Kier alpha value is -1.68. The number of nitrogen functional groups attached to an aromatic ring is 1. The van der Waals surface area contributed by atoms with E-state index in [0.29, 0.717) is 5.69 Å². The second kappa shape index (κ2) is 7.80. The third kappa shape index (κ3) is 4.78. The van der Waals surface area contributed by atoms with Crippen LogP contribution >= 0.6 is 11.8 Å². The van der Waals surface area contributed by atoms with Gasteiger partial charge in [0.25, 0.3) is 0 Å². The predicted molar refractivity (Wildman–Crippen MR) is 85.3 cm³/mol. The number of benzene rings is 1. The molecule has 0 saturated heterocycles. The maximum atomic E-state index is 5.76. The summed E-state index contributed by atoms with van der Waals surface area (Å²) in [6.45, 7) is 2.83. The van der Waals surface area contributed by atoms with Gasteiger partial charge in [-0.3, -0.25) is 0 Å². The van der Waals surface area contributed by atoms with Crippen molar-refractivity contribution >= 4 is 17.4 Å². The summed E-state index contributed by atoms with van der Waals surface area (Å²) in [7, 11) is 0. The number of nitrogens with two attached hydrogens (primary N) is 1. The molecule has 3 nitrogen and oxygen atoms in total. The van der Waals surface area contributed by atoms with Crippen LogP contribution < -0.4 is 10.5 Å². The first-order chi connectivity index (χ1) is 9.75. The number of anilines is 1. The fourth-order valence-corrected chi connectivity index (χ4v) is 2.61. The topological polar surface area (TPSA) is 48.1 Å². The van der Waals surface area contributed by atoms with Crippen LogP contribution in [0.4, 0.5) is 5.69 Å². The lowest BCUT2D eigenvalue weighted by atomic mass is 10.2. The molecule has 0 fully saturated rings. The number of unbranched alkanes of at least 4 members (excludes halogenated alkanes) is 1. The average Bonchev–Trinajstić information content (AvgIpc) is 2.46. The van der Waals surface area contributed by atoms with Crippen molar-refractivity contribution in [3.63, 3.8) is 0 Å². The summed E-state index contributed by atoms with van der Waals surface area (Å²) in [6.07, 6.45) is 3.86. The van der Waals surface area contributed by atoms with Gasteiger partial charge in [-0.15, -0.1) is 11.8 Å². The van der Waals surface area contributed by atoms with E-state index in [1.807, 2.05) is 30.3 Å². The van der Waals surface area contributed by atoms with E-state index in [2.05, 4.69) is 18.0 Å². The molecule has 0 aliphatic carbocycles. The number of para-hydroxylation sites is 1. The maximum Gasteiger partial charge on any atom is 0.122 e. The minimum absolute atomic E-state index is 0.709. The molecule has 1 aromatic heterocycles. The van der Waals surface area contributed by atoms with Gasteiger partial charge in [0.2, 0.25) is 0 Å². The Balaban J connectivity index is 1.60. The molecular formula is C16H20N2OS. The summed E-state index contributed by atoms with van der Waals surface area (Å²) >= 11 is 1.76. The van der Waals surface area contributed by atoms with Crippen molar-refractivity contribution in [2.75, 3.05) is 18.1 Å². The quantitative estimate of drug-likeness (QED) is 0.619. The van der Waals surface area contributed by atoms with Crippen molar-refractivity contribution in [2.24, 2.45) is 0 Å². The van der Waals surface area contributed by atoms with E-state index in [-0.39, 0.29) is 0 Å². The van der Waals surface area contributed by atoms with Crippen molar-refractivity contribution in [2.45, 2.75) is 24.8 Å². The standard InChI is InChI=1S/C16H20N2OS/c1-13-6-2-3-7-15(13)19-10-4-5-11-20-16-9-8-14(17)12-18-16/h2-3,6-9,12H,4-5,10-11,17H2,1H3. The van der Waals surface area contributed by atoms with Crippen molar-refractivity contribution in [1.29, 1.82) is 0 Å². The summed E-state index contributed by atoms with van der Waals surface area (Å²) in [5.74, 6) is 2.04. The van der Waals surface area contributed by atoms with Gasteiger partial charge in [0.1, 0.15) is 5.75 Å². The second-order valence-corrected chi connectivity index (χ2v) is 5.71. The lowest BCUT2D eigenvalue weighted by molar-refractivity contribution is 0.308. The zero-order chi connectivity index (χ0) is 14.2. The Labute approximate surface area is 124 Å². The largest absolute Gasteiger partial charge is 0.493 e. The van der Waals surface area contributed by atoms with Crippen LogP contribution in [0.3, 0.4) is 0 Å². The summed E-state index contributed by atoms with van der Waals surface area (Å²) in [6, 6.07) is 12.0. The number of hydrogen-bond donors (Lipinski definition) is 1. The zero-order valence-corrected chi connectivity index (χ0v) is 12.5. The lowest BCUT2D eigenvalue weighted by Crippen LogP contribution is -1.99. The van der Waals surface area contributed by atoms with E-state index in [1.54, 1.807) is 18.0 Å². The molecule has 0 spiro atoms. The van der Waals surface area contributed by atoms with Gasteiger partial charge in [0, 0.05) is 0 Å². The van der Waals surface area contributed by atoms with E-state index < -0.39 is 0 Å². The molecule has 0 saturated carbocycles. The SMILES string of the molecule is Cc1ccccc1OCCCCSc1ccc(N)cn1. The summed E-state index contributed by atoms with van der Waals surface area (Å²) in [5.41, 5.74) is 7.50. The van der Waals surface area contributed by atoms with Crippen molar-refractivity contribution in [3.05, 3.63) is 48.2 Å². The van der Waals surface area contributed by atoms with Crippen molar-refractivity contribution < 1.29 is 4.74 Å². The fraction of sp³-hybridized carbons (Fsp3) is 0.312. The molecule has 2 aromatic rings. The third-order valence-electron chi connectivity index (χ3n) is 2.90. The Morgan fingerprint density at radius 1 is 1.15 bits per heavy atom. The van der Waals surface area contributed by atoms with Crippen LogP contribution in [0.2, 0.25) is 0 Å². The van der Waals surface area contributed by atoms with Gasteiger partial charge >= 0.3 is 0 Å². The normalized spacial score (nSPS) is 10.4. The Morgan fingerprint density at radius 3 is 2.75 bits per heavy atom. The molecule has 106 valence electrons. The highest BCUT2D eigenvalue weighted by Gasteiger charge is 1.98. The van der Waals surface area contributed by atoms with Gasteiger partial charge in [-0.2, -0.15) is 0 Å². The molecule has 0 aliphatic rings. The third-order valence-corrected chi connectivity index (χ3v) is 3.93. The number of ether oxygens (including phenoxy) is 1. The molecule has 1 heterocycles. The van der Waals surface area contributed by atoms with Gasteiger partial charge in [-0.05, 0) is 49.3 Å². The molecule has 0 radical (unpaired) electrons. The molecule has 0 bridgehead atoms. The fourth-order valence-electron chi connectivity index (χ4n) is 1.76. The van der Waals surface area contributed by atoms with E-state index in [4.69, 9.17) is 10.5 Å². The van der Waals surface area contributed by atoms with Crippen LogP contribution in [0, 0.1) is 6.92 Å². The van der Waals surface area contributed by atoms with Crippen LogP contribution in [0.5, 0.6) is 5.75 Å². The number of thioether (sulfide) groups is 1. The molecular weight excluding hydrogens is 268 g/mol. The Kier molecular flexibility index (Phi) is 5.74. The number of rotatable bonds is 7. The van der Waals surface area contributed by atoms with E-state index >= 15 is 0 Å². The number of hydrogen-bond acceptors (Lipinski definition) is 4. The highest BCUT2D eigenvalue weighted by atomic mass is 32.2. The average molecular weight is 288 g/mol. The molecule has 20 heavy (non-hydrogen) atoms. The van der Waals surface area contributed by atoms with Gasteiger partial charge in [0.05, 0.1) is 23.5 Å². The molecule has 1 aromatic carbocycles. The van der Waals surface area contributed by atoms with Crippen molar-refractivity contribution in [3.8, 4) is 5.75 Å². The Morgan fingerprint density at radius 2 is 2.00 bits per heavy atom. The number of pyridine rings is 1. The molecule has 0 amide bonds. The smallest absolute Gasteiger partial charge is 0.122 e. The highest BCUT2D eigenvalue weighted by Crippen LogP contribution is 2.19. The highest BCUT2D eigenvalue weighted by molar-refractivity contribution is 7.99. The van der Waals surface area contributed by atoms with Crippen LogP contribution in [0.1, 0.15) is 18.4 Å². The van der Waals surface area contributed by atoms with Gasteiger partial charge in [-0.25, -0.2) is 4.98 Å². The van der Waals surface area contributed by atoms with Crippen LogP contribution in [-0.4, -0.2) is 17.3 Å². The van der Waals surface area contributed by atoms with Crippen molar-refractivity contribution in [1.82, 2.24) is 4.98 Å². The minimum Gasteiger partial charge on any atom is -0.493 e. The first-order valence-corrected chi connectivity index (χ1v) is 7.77. The number of aryl methyl sites for hydroxylation is 1. The molecule has 4 heteroatoms. The number of nitrogens with zero attached hydrogens (tertiary/aromatic N) is 1. The van der Waals surface area contributed by atoms with Gasteiger partial charge in [-0.1, -0.05) is 18.2 Å². The van der Waals surface area contributed by atoms with E-state index in [0.717, 1.165) is 36.0 Å². The van der Waals surface area contributed by atoms with Crippen LogP contribution in [-0.2, 0) is 0 Å². The lowest BCUT2D eigenvalue weighted by Gasteiger charge is -2.08. The number of aromatic nitrogens is 1. The first-order valence-electron chi connectivity index (χ1n) is 6.78. The monoisotopic (exact) mass is 288 g/mol. The molecule has 0 aliphatic heterocycles. The van der Waals surface area contributed by atoms with Crippen LogP contribution in [0.25, 0.3) is 0 Å². The first kappa shape index (κ1) is 14.7. The predicted octanol–water partition coefficient (Wildman–Crippen LogP) is 3.92. The van der Waals surface area contributed by atoms with Gasteiger partial charge in [0.15, 0.2) is 0 Å². The molecule has 2 rings (SSSR count). The van der Waals surface area contributed by atoms with Crippen LogP contribution in [0.15, 0.2) is 47.6 Å². The van der Waals surface area contributed by atoms with Gasteiger partial charge < -0.3 is 10.5 Å². The Bertz CT molecular complexity index is 528. The molecule has 0 atom stereocenters. The summed E-state index contributed by atoms with van der Waals surface area (Å²) in [5, 5.41) is 1.03. The summed E-state index contributed by atoms with van der Waals surface area (Å²) in [4.78, 5) is 4.26. The molecule has 2 N–H and O–H groups in total. The van der Waals surface area contributed by atoms with E-state index in [1.165, 1.54) is 5.56 Å². The maximum absolute atomic E-state index is 5.76. The zero-order valence-electron chi connectivity index (χ0n) is 11.7.